The average molecular weight is 216 g/mol. The zero-order valence-electron chi connectivity index (χ0n) is 8.59. The Hall–Kier alpha value is -1.18. The Morgan fingerprint density at radius 3 is 2.73 bits per heavy atom. The number of carbonyl (C=O) groups is 1. The van der Waals surface area contributed by atoms with Crippen molar-refractivity contribution < 1.29 is 13.6 Å². The summed E-state index contributed by atoms with van der Waals surface area (Å²) in [5.74, 6) is -3.64. The Kier molecular flexibility index (Phi) is 3.61. The standard InChI is InChI=1S/C10H14F2N2O/c1-10(11,12)5-9(15)14-8-3-2-7(4-8)6-13/h7-8H,2-5H2,1H3,(H,14,15)/t7-,8+/m0/s1. The van der Waals surface area contributed by atoms with E-state index in [-0.39, 0.29) is 12.0 Å². The highest BCUT2D eigenvalue weighted by atomic mass is 19.3. The third kappa shape index (κ3) is 4.24. The first kappa shape index (κ1) is 11.9. The molecule has 1 saturated carbocycles. The molecule has 0 aliphatic heterocycles. The number of nitrogens with one attached hydrogen (secondary N) is 1. The van der Waals surface area contributed by atoms with Crippen molar-refractivity contribution >= 4 is 5.91 Å². The van der Waals surface area contributed by atoms with Gasteiger partial charge in [-0.25, -0.2) is 8.78 Å². The third-order valence-corrected chi connectivity index (χ3v) is 2.45. The summed E-state index contributed by atoms with van der Waals surface area (Å²) in [6.45, 7) is 0.722. The lowest BCUT2D eigenvalue weighted by molar-refractivity contribution is -0.127. The van der Waals surface area contributed by atoms with E-state index in [1.165, 1.54) is 0 Å². The lowest BCUT2D eigenvalue weighted by atomic mass is 10.1. The van der Waals surface area contributed by atoms with Crippen molar-refractivity contribution in [3.8, 4) is 6.07 Å². The van der Waals surface area contributed by atoms with Crippen LogP contribution in [0.1, 0.15) is 32.6 Å². The van der Waals surface area contributed by atoms with Gasteiger partial charge in [-0.2, -0.15) is 5.26 Å². The lowest BCUT2D eigenvalue weighted by Gasteiger charge is -2.14. The summed E-state index contributed by atoms with van der Waals surface area (Å²) in [7, 11) is 0. The molecule has 1 aliphatic carbocycles. The number of nitrogens with zero attached hydrogens (tertiary/aromatic N) is 1. The molecule has 0 heterocycles. The molecule has 1 N–H and O–H groups in total. The zero-order chi connectivity index (χ0) is 11.5. The van der Waals surface area contributed by atoms with E-state index >= 15 is 0 Å². The molecule has 0 saturated heterocycles. The summed E-state index contributed by atoms with van der Waals surface area (Å²) in [6.07, 6.45) is 1.25. The van der Waals surface area contributed by atoms with Crippen LogP contribution in [0.2, 0.25) is 0 Å². The van der Waals surface area contributed by atoms with Crippen molar-refractivity contribution in [1.29, 1.82) is 5.26 Å². The Morgan fingerprint density at radius 1 is 1.60 bits per heavy atom. The van der Waals surface area contributed by atoms with Crippen LogP contribution in [0.4, 0.5) is 8.78 Å². The van der Waals surface area contributed by atoms with E-state index in [9.17, 15) is 13.6 Å². The molecule has 1 rings (SSSR count). The molecule has 15 heavy (non-hydrogen) atoms. The molecule has 1 fully saturated rings. The van der Waals surface area contributed by atoms with Gasteiger partial charge in [0.05, 0.1) is 12.5 Å². The van der Waals surface area contributed by atoms with E-state index in [0.717, 1.165) is 13.3 Å². The second kappa shape index (κ2) is 4.56. The number of hydrogen-bond donors (Lipinski definition) is 1. The van der Waals surface area contributed by atoms with Crippen LogP contribution in [0, 0.1) is 17.2 Å². The second-order valence-corrected chi connectivity index (χ2v) is 4.15. The van der Waals surface area contributed by atoms with Crippen LogP contribution in [0.5, 0.6) is 0 Å². The average Bonchev–Trinajstić information content (AvgIpc) is 2.48. The van der Waals surface area contributed by atoms with Crippen LogP contribution in [0.3, 0.4) is 0 Å². The molecule has 0 unspecified atom stereocenters. The number of hydrogen-bond acceptors (Lipinski definition) is 2. The molecule has 0 spiro atoms. The smallest absolute Gasteiger partial charge is 0.254 e. The topological polar surface area (TPSA) is 52.9 Å². The molecule has 5 heteroatoms. The maximum Gasteiger partial charge on any atom is 0.254 e. The van der Waals surface area contributed by atoms with Gasteiger partial charge in [0.2, 0.25) is 5.91 Å². The van der Waals surface area contributed by atoms with Crippen LogP contribution < -0.4 is 5.32 Å². The molecule has 1 aliphatic rings. The molecule has 0 bridgehead atoms. The van der Waals surface area contributed by atoms with Crippen molar-refractivity contribution in [2.24, 2.45) is 5.92 Å². The first-order valence-corrected chi connectivity index (χ1v) is 4.97. The van der Waals surface area contributed by atoms with E-state index in [0.29, 0.717) is 12.8 Å². The van der Waals surface area contributed by atoms with Crippen LogP contribution in [-0.2, 0) is 4.79 Å². The van der Waals surface area contributed by atoms with Crippen LogP contribution in [0.15, 0.2) is 0 Å². The van der Waals surface area contributed by atoms with Gasteiger partial charge in [-0.15, -0.1) is 0 Å². The third-order valence-electron chi connectivity index (χ3n) is 2.45. The summed E-state index contributed by atoms with van der Waals surface area (Å²) in [6, 6.07) is 2.01. The van der Waals surface area contributed by atoms with E-state index in [1.807, 2.05) is 0 Å². The van der Waals surface area contributed by atoms with Gasteiger partial charge in [0, 0.05) is 12.0 Å². The first-order chi connectivity index (χ1) is 6.90. The number of rotatable bonds is 3. The first-order valence-electron chi connectivity index (χ1n) is 4.97. The molecule has 0 aromatic carbocycles. The largest absolute Gasteiger partial charge is 0.353 e. The molecule has 84 valence electrons. The Labute approximate surface area is 87.5 Å². The minimum atomic E-state index is -2.96. The molecule has 0 aromatic heterocycles. The monoisotopic (exact) mass is 216 g/mol. The lowest BCUT2D eigenvalue weighted by Crippen LogP contribution is -2.35. The highest BCUT2D eigenvalue weighted by molar-refractivity contribution is 5.77. The highest BCUT2D eigenvalue weighted by Crippen LogP contribution is 2.25. The molecular weight excluding hydrogens is 202 g/mol. The van der Waals surface area contributed by atoms with Crippen molar-refractivity contribution in [2.75, 3.05) is 0 Å². The van der Waals surface area contributed by atoms with Crippen molar-refractivity contribution in [2.45, 2.75) is 44.6 Å². The van der Waals surface area contributed by atoms with E-state index in [1.54, 1.807) is 0 Å². The number of nitriles is 1. The Balaban J connectivity index is 2.32. The van der Waals surface area contributed by atoms with Crippen molar-refractivity contribution in [3.05, 3.63) is 0 Å². The van der Waals surface area contributed by atoms with Gasteiger partial charge in [-0.05, 0) is 26.2 Å². The summed E-state index contributed by atoms with van der Waals surface area (Å²) in [5, 5.41) is 11.2. The van der Waals surface area contributed by atoms with Crippen molar-refractivity contribution in [3.63, 3.8) is 0 Å². The summed E-state index contributed by atoms with van der Waals surface area (Å²) < 4.78 is 25.0. The maximum absolute atomic E-state index is 12.5. The van der Waals surface area contributed by atoms with Crippen molar-refractivity contribution in [1.82, 2.24) is 5.32 Å². The molecular formula is C10H14F2N2O. The number of halogens is 2. The van der Waals surface area contributed by atoms with E-state index in [4.69, 9.17) is 5.26 Å². The minimum absolute atomic E-state index is 0.0440. The van der Waals surface area contributed by atoms with E-state index in [2.05, 4.69) is 11.4 Å². The predicted molar refractivity (Wildman–Crippen MR) is 50.1 cm³/mol. The second-order valence-electron chi connectivity index (χ2n) is 4.15. The van der Waals surface area contributed by atoms with Gasteiger partial charge in [0.15, 0.2) is 0 Å². The highest BCUT2D eigenvalue weighted by Gasteiger charge is 2.29. The summed E-state index contributed by atoms with van der Waals surface area (Å²) >= 11 is 0. The van der Waals surface area contributed by atoms with E-state index < -0.39 is 18.3 Å². The normalized spacial score (nSPS) is 26.0. The molecule has 0 radical (unpaired) electrons. The molecule has 2 atom stereocenters. The maximum atomic E-state index is 12.5. The number of carbonyl (C=O) groups excluding carboxylic acids is 1. The Morgan fingerprint density at radius 2 is 2.27 bits per heavy atom. The van der Waals surface area contributed by atoms with Crippen LogP contribution in [0.25, 0.3) is 0 Å². The van der Waals surface area contributed by atoms with Gasteiger partial charge in [0.1, 0.15) is 0 Å². The quantitative estimate of drug-likeness (QED) is 0.782. The summed E-state index contributed by atoms with van der Waals surface area (Å²) in [5.41, 5.74) is 0. The number of amides is 1. The fourth-order valence-electron chi connectivity index (χ4n) is 1.79. The Bertz CT molecular complexity index is 280. The fraction of sp³-hybridized carbons (Fsp3) is 0.800. The van der Waals surface area contributed by atoms with Gasteiger partial charge < -0.3 is 5.32 Å². The molecule has 0 aromatic rings. The molecule has 3 nitrogen and oxygen atoms in total. The predicted octanol–water partition coefficient (Wildman–Crippen LogP) is 1.84. The fourth-order valence-corrected chi connectivity index (χ4v) is 1.79. The number of alkyl halides is 2. The minimum Gasteiger partial charge on any atom is -0.353 e. The SMILES string of the molecule is CC(F)(F)CC(=O)N[C@@H]1CC[C@H](C#N)C1. The summed E-state index contributed by atoms with van der Waals surface area (Å²) in [4.78, 5) is 11.1. The van der Waals surface area contributed by atoms with Crippen LogP contribution in [-0.4, -0.2) is 17.9 Å². The van der Waals surface area contributed by atoms with Crippen LogP contribution >= 0.6 is 0 Å². The van der Waals surface area contributed by atoms with Gasteiger partial charge in [0.25, 0.3) is 5.92 Å². The molecule has 1 amide bonds. The van der Waals surface area contributed by atoms with Gasteiger partial charge in [-0.3, -0.25) is 4.79 Å². The zero-order valence-corrected chi connectivity index (χ0v) is 8.59. The van der Waals surface area contributed by atoms with Gasteiger partial charge >= 0.3 is 0 Å². The van der Waals surface area contributed by atoms with Gasteiger partial charge in [-0.1, -0.05) is 0 Å².